The van der Waals surface area contributed by atoms with E-state index in [4.69, 9.17) is 5.11 Å². The lowest BCUT2D eigenvalue weighted by atomic mass is 10.1. The van der Waals surface area contributed by atoms with Crippen molar-refractivity contribution in [3.05, 3.63) is 53.5 Å². The van der Waals surface area contributed by atoms with Crippen molar-refractivity contribution in [2.45, 2.75) is 0 Å². The first kappa shape index (κ1) is 14.4. The van der Waals surface area contributed by atoms with Crippen LogP contribution in [0.2, 0.25) is 0 Å². The standard InChI is InChI=1S/C14H12FN3O3/c1-18-12(6-7-16-18)17-14(21)10-3-2-9(11(15)8-10)4-5-13(19)20/h2-8H,1H3,(H,17,21)(H,19,20). The van der Waals surface area contributed by atoms with Crippen molar-refractivity contribution in [2.24, 2.45) is 7.05 Å². The SMILES string of the molecule is Cn1nccc1NC(=O)c1ccc(C=CC(=O)O)c(F)c1. The number of rotatable bonds is 4. The van der Waals surface area contributed by atoms with Crippen LogP contribution in [0, 0.1) is 5.82 Å². The lowest BCUT2D eigenvalue weighted by Gasteiger charge is -2.06. The number of aromatic nitrogens is 2. The molecule has 108 valence electrons. The van der Waals surface area contributed by atoms with E-state index < -0.39 is 17.7 Å². The fourth-order valence-corrected chi connectivity index (χ4v) is 1.65. The van der Waals surface area contributed by atoms with Crippen LogP contribution in [0.15, 0.2) is 36.5 Å². The number of hydrogen-bond acceptors (Lipinski definition) is 3. The van der Waals surface area contributed by atoms with Crippen molar-refractivity contribution in [3.8, 4) is 0 Å². The van der Waals surface area contributed by atoms with E-state index in [0.717, 1.165) is 18.2 Å². The van der Waals surface area contributed by atoms with Gasteiger partial charge in [0.05, 0.1) is 6.20 Å². The second kappa shape index (κ2) is 6.00. The third-order valence-electron chi connectivity index (χ3n) is 2.73. The molecule has 7 heteroatoms. The molecule has 0 saturated heterocycles. The number of carboxylic acids is 1. The fourth-order valence-electron chi connectivity index (χ4n) is 1.65. The zero-order chi connectivity index (χ0) is 15.4. The minimum Gasteiger partial charge on any atom is -0.478 e. The Bertz CT molecular complexity index is 722. The normalized spacial score (nSPS) is 10.8. The van der Waals surface area contributed by atoms with Gasteiger partial charge in [-0.2, -0.15) is 5.10 Å². The molecule has 0 aliphatic rings. The number of carbonyl (C=O) groups excluding carboxylic acids is 1. The number of halogens is 1. The lowest BCUT2D eigenvalue weighted by Crippen LogP contribution is -2.14. The molecular weight excluding hydrogens is 277 g/mol. The van der Waals surface area contributed by atoms with Gasteiger partial charge in [0.2, 0.25) is 0 Å². The highest BCUT2D eigenvalue weighted by Crippen LogP contribution is 2.14. The van der Waals surface area contributed by atoms with Crippen LogP contribution in [0.25, 0.3) is 6.08 Å². The summed E-state index contributed by atoms with van der Waals surface area (Å²) in [6, 6.07) is 5.41. The third-order valence-corrected chi connectivity index (χ3v) is 2.73. The highest BCUT2D eigenvalue weighted by Gasteiger charge is 2.10. The molecule has 0 fully saturated rings. The van der Waals surface area contributed by atoms with Crippen LogP contribution in [-0.2, 0) is 11.8 Å². The molecular formula is C14H12FN3O3. The minimum absolute atomic E-state index is 0.0921. The van der Waals surface area contributed by atoms with E-state index in [9.17, 15) is 14.0 Å². The van der Waals surface area contributed by atoms with Crippen molar-refractivity contribution in [3.63, 3.8) is 0 Å². The Morgan fingerprint density at radius 1 is 1.38 bits per heavy atom. The number of aryl methyl sites for hydroxylation is 1. The first-order valence-electron chi connectivity index (χ1n) is 5.97. The second-order valence-corrected chi connectivity index (χ2v) is 4.20. The van der Waals surface area contributed by atoms with Gasteiger partial charge in [-0.25, -0.2) is 9.18 Å². The van der Waals surface area contributed by atoms with Gasteiger partial charge in [0.15, 0.2) is 0 Å². The Labute approximate surface area is 119 Å². The van der Waals surface area contributed by atoms with Crippen LogP contribution in [-0.4, -0.2) is 26.8 Å². The van der Waals surface area contributed by atoms with E-state index >= 15 is 0 Å². The molecule has 0 radical (unpaired) electrons. The summed E-state index contributed by atoms with van der Waals surface area (Å²) < 4.78 is 15.2. The molecule has 0 unspecified atom stereocenters. The summed E-state index contributed by atoms with van der Waals surface area (Å²) in [7, 11) is 1.66. The number of nitrogens with zero attached hydrogens (tertiary/aromatic N) is 2. The molecule has 6 nitrogen and oxygen atoms in total. The fraction of sp³-hybridized carbons (Fsp3) is 0.0714. The molecule has 0 saturated carbocycles. The average molecular weight is 289 g/mol. The van der Waals surface area contributed by atoms with Crippen molar-refractivity contribution >= 4 is 23.8 Å². The molecule has 0 aliphatic heterocycles. The van der Waals surface area contributed by atoms with Gasteiger partial charge >= 0.3 is 5.97 Å². The van der Waals surface area contributed by atoms with Gasteiger partial charge in [-0.1, -0.05) is 6.07 Å². The number of nitrogens with one attached hydrogen (secondary N) is 1. The van der Waals surface area contributed by atoms with Crippen LogP contribution < -0.4 is 5.32 Å². The molecule has 0 atom stereocenters. The quantitative estimate of drug-likeness (QED) is 0.842. The molecule has 0 aliphatic carbocycles. The van der Waals surface area contributed by atoms with Gasteiger partial charge in [-0.15, -0.1) is 0 Å². The van der Waals surface area contributed by atoms with Crippen LogP contribution in [0.4, 0.5) is 10.2 Å². The largest absolute Gasteiger partial charge is 0.478 e. The molecule has 1 heterocycles. The smallest absolute Gasteiger partial charge is 0.328 e. The molecule has 2 N–H and O–H groups in total. The number of benzene rings is 1. The van der Waals surface area contributed by atoms with Gasteiger partial charge in [0, 0.05) is 30.3 Å². The summed E-state index contributed by atoms with van der Waals surface area (Å²) in [5, 5.41) is 15.0. The van der Waals surface area contributed by atoms with Crippen molar-refractivity contribution in [1.82, 2.24) is 9.78 Å². The Morgan fingerprint density at radius 3 is 2.71 bits per heavy atom. The predicted octanol–water partition coefficient (Wildman–Crippen LogP) is 1.91. The number of carboxylic acid groups (broad SMARTS) is 1. The van der Waals surface area contributed by atoms with Crippen LogP contribution in [0.3, 0.4) is 0 Å². The van der Waals surface area contributed by atoms with E-state index in [-0.39, 0.29) is 11.1 Å². The van der Waals surface area contributed by atoms with E-state index in [1.54, 1.807) is 13.1 Å². The van der Waals surface area contributed by atoms with Crippen molar-refractivity contribution in [2.75, 3.05) is 5.32 Å². The molecule has 0 spiro atoms. The molecule has 1 aromatic carbocycles. The maximum Gasteiger partial charge on any atom is 0.328 e. The van der Waals surface area contributed by atoms with E-state index in [1.807, 2.05) is 0 Å². The Morgan fingerprint density at radius 2 is 2.14 bits per heavy atom. The maximum absolute atomic E-state index is 13.8. The zero-order valence-corrected chi connectivity index (χ0v) is 11.1. The molecule has 2 rings (SSSR count). The highest BCUT2D eigenvalue weighted by atomic mass is 19.1. The van der Waals surface area contributed by atoms with Crippen molar-refractivity contribution in [1.29, 1.82) is 0 Å². The summed E-state index contributed by atoms with van der Waals surface area (Å²) in [5.74, 6) is -1.85. The van der Waals surface area contributed by atoms with Crippen LogP contribution in [0.5, 0.6) is 0 Å². The van der Waals surface area contributed by atoms with E-state index in [1.165, 1.54) is 23.0 Å². The lowest BCUT2D eigenvalue weighted by molar-refractivity contribution is -0.131. The number of aliphatic carboxylic acids is 1. The highest BCUT2D eigenvalue weighted by molar-refractivity contribution is 6.04. The Kier molecular flexibility index (Phi) is 4.13. The summed E-state index contributed by atoms with van der Waals surface area (Å²) in [6.45, 7) is 0. The van der Waals surface area contributed by atoms with Gasteiger partial charge in [-0.3, -0.25) is 9.48 Å². The average Bonchev–Trinajstić information content (AvgIpc) is 2.82. The minimum atomic E-state index is -1.17. The first-order valence-corrected chi connectivity index (χ1v) is 5.97. The monoisotopic (exact) mass is 289 g/mol. The predicted molar refractivity (Wildman–Crippen MR) is 74.2 cm³/mol. The molecule has 2 aromatic rings. The van der Waals surface area contributed by atoms with E-state index in [2.05, 4.69) is 10.4 Å². The summed E-state index contributed by atoms with van der Waals surface area (Å²) in [6.07, 6.45) is 3.48. The van der Waals surface area contributed by atoms with Crippen LogP contribution >= 0.6 is 0 Å². The van der Waals surface area contributed by atoms with Gasteiger partial charge in [0.1, 0.15) is 11.6 Å². The number of hydrogen-bond donors (Lipinski definition) is 2. The first-order chi connectivity index (χ1) is 9.97. The number of anilines is 1. The van der Waals surface area contributed by atoms with Gasteiger partial charge < -0.3 is 10.4 Å². The Balaban J connectivity index is 2.18. The molecule has 1 amide bonds. The molecule has 0 bridgehead atoms. The summed E-state index contributed by atoms with van der Waals surface area (Å²) >= 11 is 0. The zero-order valence-electron chi connectivity index (χ0n) is 11.1. The van der Waals surface area contributed by atoms with Gasteiger partial charge in [-0.05, 0) is 18.2 Å². The number of amides is 1. The molecule has 1 aromatic heterocycles. The Hall–Kier alpha value is -2.96. The molecule has 21 heavy (non-hydrogen) atoms. The van der Waals surface area contributed by atoms with Crippen LogP contribution in [0.1, 0.15) is 15.9 Å². The van der Waals surface area contributed by atoms with Crippen molar-refractivity contribution < 1.29 is 19.1 Å². The van der Waals surface area contributed by atoms with E-state index in [0.29, 0.717) is 5.82 Å². The van der Waals surface area contributed by atoms with Gasteiger partial charge in [0.25, 0.3) is 5.91 Å². The second-order valence-electron chi connectivity index (χ2n) is 4.20. The number of carbonyl (C=O) groups is 2. The third kappa shape index (κ3) is 3.53. The topological polar surface area (TPSA) is 84.2 Å². The maximum atomic E-state index is 13.8. The summed E-state index contributed by atoms with van der Waals surface area (Å²) in [5.41, 5.74) is 0.218. The summed E-state index contributed by atoms with van der Waals surface area (Å²) in [4.78, 5) is 22.3.